The molecule has 1 unspecified atom stereocenters. The molecule has 0 radical (unpaired) electrons. The van der Waals surface area contributed by atoms with E-state index in [4.69, 9.17) is 0 Å². The number of hydrogen-bond donors (Lipinski definition) is 3. The average molecular weight is 219 g/mol. The summed E-state index contributed by atoms with van der Waals surface area (Å²) in [6.07, 6.45) is 0.178. The SMILES string of the molecule is Cc1ccc(NC(=O)C2CC(=O)NN2)cc1. The van der Waals surface area contributed by atoms with Crippen LogP contribution in [0.2, 0.25) is 0 Å². The van der Waals surface area contributed by atoms with Crippen LogP contribution in [0.3, 0.4) is 0 Å². The average Bonchev–Trinajstić information content (AvgIpc) is 2.68. The van der Waals surface area contributed by atoms with Crippen molar-refractivity contribution in [3.63, 3.8) is 0 Å². The molecule has 0 aliphatic carbocycles. The molecule has 1 aliphatic rings. The van der Waals surface area contributed by atoms with Crippen molar-refractivity contribution in [1.29, 1.82) is 0 Å². The highest BCUT2D eigenvalue weighted by atomic mass is 16.2. The van der Waals surface area contributed by atoms with Crippen molar-refractivity contribution in [2.75, 3.05) is 5.32 Å². The number of hydrogen-bond acceptors (Lipinski definition) is 3. The van der Waals surface area contributed by atoms with Crippen LogP contribution in [0.15, 0.2) is 24.3 Å². The third-order valence-corrected chi connectivity index (χ3v) is 2.41. The van der Waals surface area contributed by atoms with Gasteiger partial charge in [0.1, 0.15) is 6.04 Å². The monoisotopic (exact) mass is 219 g/mol. The fourth-order valence-corrected chi connectivity index (χ4v) is 1.48. The Labute approximate surface area is 93.2 Å². The van der Waals surface area contributed by atoms with Crippen LogP contribution in [-0.4, -0.2) is 17.9 Å². The second-order valence-corrected chi connectivity index (χ2v) is 3.80. The molecule has 0 saturated carbocycles. The number of carbonyl (C=O) groups is 2. The molecule has 1 fully saturated rings. The van der Waals surface area contributed by atoms with Crippen molar-refractivity contribution in [3.8, 4) is 0 Å². The Kier molecular flexibility index (Phi) is 2.87. The second kappa shape index (κ2) is 4.32. The number of carbonyl (C=O) groups excluding carboxylic acids is 2. The summed E-state index contributed by atoms with van der Waals surface area (Å²) >= 11 is 0. The first-order chi connectivity index (χ1) is 7.65. The molecule has 1 aliphatic heterocycles. The predicted octanol–water partition coefficient (Wildman–Crippen LogP) is 0.327. The van der Waals surface area contributed by atoms with E-state index in [2.05, 4.69) is 16.2 Å². The smallest absolute Gasteiger partial charge is 0.243 e. The lowest BCUT2D eigenvalue weighted by Gasteiger charge is -2.09. The number of benzene rings is 1. The van der Waals surface area contributed by atoms with Gasteiger partial charge in [0, 0.05) is 5.69 Å². The fourth-order valence-electron chi connectivity index (χ4n) is 1.48. The van der Waals surface area contributed by atoms with Gasteiger partial charge in [0.25, 0.3) is 0 Å². The van der Waals surface area contributed by atoms with E-state index < -0.39 is 6.04 Å². The first-order valence-electron chi connectivity index (χ1n) is 5.07. The summed E-state index contributed by atoms with van der Waals surface area (Å²) in [6.45, 7) is 1.98. The molecule has 0 bridgehead atoms. The predicted molar refractivity (Wildman–Crippen MR) is 59.5 cm³/mol. The van der Waals surface area contributed by atoms with E-state index in [9.17, 15) is 9.59 Å². The van der Waals surface area contributed by atoms with Crippen LogP contribution >= 0.6 is 0 Å². The summed E-state index contributed by atoms with van der Waals surface area (Å²) in [4.78, 5) is 22.6. The molecule has 1 saturated heterocycles. The van der Waals surface area contributed by atoms with Crippen molar-refractivity contribution in [2.24, 2.45) is 0 Å². The fraction of sp³-hybridized carbons (Fsp3) is 0.273. The van der Waals surface area contributed by atoms with E-state index in [1.54, 1.807) is 0 Å². The van der Waals surface area contributed by atoms with E-state index in [0.29, 0.717) is 0 Å². The third-order valence-electron chi connectivity index (χ3n) is 2.41. The third kappa shape index (κ3) is 2.38. The van der Waals surface area contributed by atoms with Gasteiger partial charge in [0.05, 0.1) is 6.42 Å². The Morgan fingerprint density at radius 3 is 2.62 bits per heavy atom. The summed E-state index contributed by atoms with van der Waals surface area (Å²) in [5, 5.41) is 2.74. The van der Waals surface area contributed by atoms with Gasteiger partial charge in [-0.25, -0.2) is 5.43 Å². The lowest BCUT2D eigenvalue weighted by atomic mass is 10.2. The molecular weight excluding hydrogens is 206 g/mol. The Morgan fingerprint density at radius 2 is 2.06 bits per heavy atom. The van der Waals surface area contributed by atoms with E-state index in [1.165, 1.54) is 0 Å². The van der Waals surface area contributed by atoms with Gasteiger partial charge < -0.3 is 5.32 Å². The molecule has 3 N–H and O–H groups in total. The van der Waals surface area contributed by atoms with Crippen molar-refractivity contribution < 1.29 is 9.59 Å². The van der Waals surface area contributed by atoms with Crippen molar-refractivity contribution in [1.82, 2.24) is 10.9 Å². The number of aryl methyl sites for hydroxylation is 1. The standard InChI is InChI=1S/C11H13N3O2/c1-7-2-4-8(5-3-7)12-11(16)9-6-10(15)14-13-9/h2-5,9,13H,6H2,1H3,(H,12,16)(H,14,15). The molecule has 1 aromatic carbocycles. The molecule has 16 heavy (non-hydrogen) atoms. The number of nitrogens with one attached hydrogen (secondary N) is 3. The minimum Gasteiger partial charge on any atom is -0.325 e. The van der Waals surface area contributed by atoms with Crippen molar-refractivity contribution in [3.05, 3.63) is 29.8 Å². The Morgan fingerprint density at radius 1 is 1.38 bits per heavy atom. The van der Waals surface area contributed by atoms with Crippen LogP contribution in [0.25, 0.3) is 0 Å². The van der Waals surface area contributed by atoms with Gasteiger partial charge in [0.2, 0.25) is 11.8 Å². The molecule has 5 nitrogen and oxygen atoms in total. The number of hydrazine groups is 1. The minimum atomic E-state index is -0.492. The van der Waals surface area contributed by atoms with Gasteiger partial charge in [0.15, 0.2) is 0 Å². The minimum absolute atomic E-state index is 0.163. The van der Waals surface area contributed by atoms with Crippen LogP contribution in [0, 0.1) is 6.92 Å². The molecule has 5 heteroatoms. The van der Waals surface area contributed by atoms with Crippen LogP contribution < -0.4 is 16.2 Å². The highest BCUT2D eigenvalue weighted by Crippen LogP contribution is 2.10. The Balaban J connectivity index is 1.97. The van der Waals surface area contributed by atoms with Gasteiger partial charge in [-0.3, -0.25) is 15.0 Å². The quantitative estimate of drug-likeness (QED) is 0.671. The molecule has 2 amide bonds. The maximum absolute atomic E-state index is 11.7. The summed E-state index contributed by atoms with van der Waals surface area (Å²) in [5.74, 6) is -0.369. The summed E-state index contributed by atoms with van der Waals surface area (Å²) in [5.41, 5.74) is 6.89. The van der Waals surface area contributed by atoms with Crippen LogP contribution in [0.4, 0.5) is 5.69 Å². The zero-order chi connectivity index (χ0) is 11.5. The van der Waals surface area contributed by atoms with E-state index in [0.717, 1.165) is 11.3 Å². The Hall–Kier alpha value is -1.88. The van der Waals surface area contributed by atoms with Crippen LogP contribution in [-0.2, 0) is 9.59 Å². The highest BCUT2D eigenvalue weighted by Gasteiger charge is 2.27. The van der Waals surface area contributed by atoms with Gasteiger partial charge in [-0.1, -0.05) is 17.7 Å². The second-order valence-electron chi connectivity index (χ2n) is 3.80. The number of amides is 2. The highest BCUT2D eigenvalue weighted by molar-refractivity contribution is 5.98. The molecule has 1 atom stereocenters. The molecule has 84 valence electrons. The summed E-state index contributed by atoms with van der Waals surface area (Å²) in [6, 6.07) is 7.01. The molecule has 1 heterocycles. The number of anilines is 1. The molecular formula is C11H13N3O2. The molecule has 2 rings (SSSR count). The van der Waals surface area contributed by atoms with E-state index >= 15 is 0 Å². The lowest BCUT2D eigenvalue weighted by molar-refractivity contribution is -0.121. The van der Waals surface area contributed by atoms with Gasteiger partial charge in [-0.05, 0) is 19.1 Å². The van der Waals surface area contributed by atoms with Crippen molar-refractivity contribution in [2.45, 2.75) is 19.4 Å². The molecule has 0 spiro atoms. The van der Waals surface area contributed by atoms with Crippen LogP contribution in [0.1, 0.15) is 12.0 Å². The maximum Gasteiger partial charge on any atom is 0.243 e. The number of rotatable bonds is 2. The Bertz CT molecular complexity index is 414. The van der Waals surface area contributed by atoms with Gasteiger partial charge in [-0.15, -0.1) is 0 Å². The van der Waals surface area contributed by atoms with Gasteiger partial charge >= 0.3 is 0 Å². The molecule has 0 aromatic heterocycles. The van der Waals surface area contributed by atoms with E-state index in [-0.39, 0.29) is 18.2 Å². The first kappa shape index (κ1) is 10.6. The topological polar surface area (TPSA) is 70.2 Å². The van der Waals surface area contributed by atoms with Crippen molar-refractivity contribution >= 4 is 17.5 Å². The molecule has 1 aromatic rings. The zero-order valence-electron chi connectivity index (χ0n) is 8.91. The normalized spacial score (nSPS) is 19.3. The largest absolute Gasteiger partial charge is 0.325 e. The summed E-state index contributed by atoms with van der Waals surface area (Å²) < 4.78 is 0. The summed E-state index contributed by atoms with van der Waals surface area (Å²) in [7, 11) is 0. The first-order valence-corrected chi connectivity index (χ1v) is 5.07. The zero-order valence-corrected chi connectivity index (χ0v) is 8.91. The maximum atomic E-state index is 11.7. The van der Waals surface area contributed by atoms with Gasteiger partial charge in [-0.2, -0.15) is 0 Å². The van der Waals surface area contributed by atoms with E-state index in [1.807, 2.05) is 31.2 Å². The lowest BCUT2D eigenvalue weighted by Crippen LogP contribution is -2.39. The van der Waals surface area contributed by atoms with Crippen LogP contribution in [0.5, 0.6) is 0 Å².